The number of hydrogen-bond acceptors (Lipinski definition) is 7. The normalized spacial score (nSPS) is 19.8. The van der Waals surface area contributed by atoms with Gasteiger partial charge in [-0.1, -0.05) is 0 Å². The van der Waals surface area contributed by atoms with Crippen LogP contribution in [0.3, 0.4) is 0 Å². The van der Waals surface area contributed by atoms with Gasteiger partial charge in [0.2, 0.25) is 5.91 Å². The van der Waals surface area contributed by atoms with Crippen molar-refractivity contribution in [2.24, 2.45) is 0 Å². The van der Waals surface area contributed by atoms with Crippen molar-refractivity contribution < 1.29 is 33.8 Å². The molecule has 0 aromatic heterocycles. The monoisotopic (exact) mass is 372 g/mol. The number of methoxy groups -OCH3 is 1. The van der Waals surface area contributed by atoms with Crippen LogP contribution in [0.2, 0.25) is 0 Å². The van der Waals surface area contributed by atoms with Gasteiger partial charge >= 0.3 is 12.1 Å². The lowest BCUT2D eigenvalue weighted by atomic mass is 10.2. The number of esters is 1. The number of ether oxygens (including phenoxy) is 2. The second-order valence-corrected chi connectivity index (χ2v) is 7.15. The van der Waals surface area contributed by atoms with Crippen molar-refractivity contribution in [3.8, 4) is 0 Å². The Labute approximate surface area is 153 Å². The maximum Gasteiger partial charge on any atom is 0.411 e. The lowest BCUT2D eigenvalue weighted by molar-refractivity contribution is -0.141. The Balaban J connectivity index is 2.63. The van der Waals surface area contributed by atoms with E-state index in [1.54, 1.807) is 20.8 Å². The third-order valence-electron chi connectivity index (χ3n) is 3.92. The molecule has 0 aromatic rings. The Morgan fingerprint density at radius 2 is 1.81 bits per heavy atom. The smallest absolute Gasteiger partial charge is 0.411 e. The second-order valence-electron chi connectivity index (χ2n) is 7.15. The van der Waals surface area contributed by atoms with E-state index in [-0.39, 0.29) is 31.8 Å². The molecule has 148 valence electrons. The minimum Gasteiger partial charge on any atom is -0.469 e. The first kappa shape index (κ1) is 21.9. The number of carbonyl (C=O) groups is 4. The number of likely N-dealkylation sites (tertiary alicyclic amines) is 1. The van der Waals surface area contributed by atoms with Gasteiger partial charge in [0.15, 0.2) is 5.78 Å². The molecule has 0 saturated carbocycles. The fourth-order valence-electron chi connectivity index (χ4n) is 2.65. The Hall–Kier alpha value is -2.16. The molecule has 0 aromatic carbocycles. The zero-order valence-electron chi connectivity index (χ0n) is 15.7. The molecule has 0 unspecified atom stereocenters. The van der Waals surface area contributed by atoms with E-state index in [1.807, 2.05) is 0 Å². The maximum atomic E-state index is 12.4. The standard InChI is InChI=1S/C17H28N2O7/c1-17(2,3)26-16(24)19-11(10-20)5-7-13(19)15(23)18-9-12(21)6-8-14(22)25-4/h11,13,20H,5-10H2,1-4H3,(H,18,23)/t11-,13-/m0/s1. The molecular weight excluding hydrogens is 344 g/mol. The van der Waals surface area contributed by atoms with E-state index >= 15 is 0 Å². The quantitative estimate of drug-likeness (QED) is 0.620. The van der Waals surface area contributed by atoms with Crippen molar-refractivity contribution in [2.45, 2.75) is 64.1 Å². The topological polar surface area (TPSA) is 122 Å². The third-order valence-corrected chi connectivity index (χ3v) is 3.92. The van der Waals surface area contributed by atoms with Gasteiger partial charge in [-0.25, -0.2) is 4.79 Å². The van der Waals surface area contributed by atoms with Gasteiger partial charge in [0.1, 0.15) is 11.6 Å². The lowest BCUT2D eigenvalue weighted by Crippen LogP contribution is -2.51. The number of nitrogens with one attached hydrogen (secondary N) is 1. The van der Waals surface area contributed by atoms with Gasteiger partial charge in [0.25, 0.3) is 0 Å². The van der Waals surface area contributed by atoms with E-state index in [1.165, 1.54) is 12.0 Å². The molecule has 1 fully saturated rings. The lowest BCUT2D eigenvalue weighted by Gasteiger charge is -2.31. The minimum atomic E-state index is -0.810. The van der Waals surface area contributed by atoms with Crippen LogP contribution >= 0.6 is 0 Å². The summed E-state index contributed by atoms with van der Waals surface area (Å²) in [6.45, 7) is 4.62. The van der Waals surface area contributed by atoms with Gasteiger partial charge < -0.3 is 19.9 Å². The number of ketones is 1. The molecule has 2 N–H and O–H groups in total. The van der Waals surface area contributed by atoms with Crippen LogP contribution in [-0.2, 0) is 23.9 Å². The molecule has 1 heterocycles. The van der Waals surface area contributed by atoms with Crippen molar-refractivity contribution in [1.29, 1.82) is 0 Å². The second kappa shape index (κ2) is 9.51. The van der Waals surface area contributed by atoms with Gasteiger partial charge in [-0.2, -0.15) is 0 Å². The van der Waals surface area contributed by atoms with Gasteiger partial charge in [-0.05, 0) is 33.6 Å². The molecule has 1 rings (SSSR count). The summed E-state index contributed by atoms with van der Waals surface area (Å²) >= 11 is 0. The summed E-state index contributed by atoms with van der Waals surface area (Å²) in [6, 6.07) is -1.31. The van der Waals surface area contributed by atoms with Crippen molar-refractivity contribution in [2.75, 3.05) is 20.3 Å². The molecule has 0 bridgehead atoms. The zero-order chi connectivity index (χ0) is 19.9. The van der Waals surface area contributed by atoms with Crippen LogP contribution in [-0.4, -0.2) is 71.7 Å². The highest BCUT2D eigenvalue weighted by molar-refractivity contribution is 5.91. The molecule has 9 nitrogen and oxygen atoms in total. The fraction of sp³-hybridized carbons (Fsp3) is 0.765. The molecule has 1 saturated heterocycles. The van der Waals surface area contributed by atoms with Crippen molar-refractivity contribution >= 4 is 23.8 Å². The summed E-state index contributed by atoms with van der Waals surface area (Å²) < 4.78 is 9.77. The van der Waals surface area contributed by atoms with E-state index < -0.39 is 35.7 Å². The number of Topliss-reactive ketones (excluding diaryl/α,β-unsaturated/α-hetero) is 1. The van der Waals surface area contributed by atoms with Crippen LogP contribution in [0.25, 0.3) is 0 Å². The SMILES string of the molecule is COC(=O)CCC(=O)CNC(=O)[C@@H]1CC[C@@H](CO)N1C(=O)OC(C)(C)C. The summed E-state index contributed by atoms with van der Waals surface area (Å²) in [5, 5.41) is 12.0. The predicted octanol–water partition coefficient (Wildman–Crippen LogP) is 0.385. The first-order chi connectivity index (χ1) is 12.1. The summed E-state index contributed by atoms with van der Waals surface area (Å²) in [5.74, 6) is -1.30. The first-order valence-electron chi connectivity index (χ1n) is 8.57. The zero-order valence-corrected chi connectivity index (χ0v) is 15.7. The molecule has 1 aliphatic rings. The van der Waals surface area contributed by atoms with Crippen LogP contribution in [0.1, 0.15) is 46.5 Å². The molecule has 0 aliphatic carbocycles. The predicted molar refractivity (Wildman–Crippen MR) is 91.2 cm³/mol. The highest BCUT2D eigenvalue weighted by Gasteiger charge is 2.42. The van der Waals surface area contributed by atoms with E-state index in [2.05, 4.69) is 10.1 Å². The maximum absolute atomic E-state index is 12.4. The van der Waals surface area contributed by atoms with Crippen molar-refractivity contribution in [3.05, 3.63) is 0 Å². The number of aliphatic hydroxyl groups is 1. The first-order valence-corrected chi connectivity index (χ1v) is 8.57. The molecule has 9 heteroatoms. The van der Waals surface area contributed by atoms with Crippen LogP contribution in [0.4, 0.5) is 4.79 Å². The summed E-state index contributed by atoms with van der Waals surface area (Å²) in [7, 11) is 1.23. The summed E-state index contributed by atoms with van der Waals surface area (Å²) in [4.78, 5) is 48.8. The van der Waals surface area contributed by atoms with E-state index in [0.29, 0.717) is 12.8 Å². The number of hydrogen-bond donors (Lipinski definition) is 2. The number of amides is 2. The Kier molecular flexibility index (Phi) is 8.01. The van der Waals surface area contributed by atoms with Crippen LogP contribution < -0.4 is 5.32 Å². The van der Waals surface area contributed by atoms with Gasteiger partial charge in [0, 0.05) is 6.42 Å². The number of aliphatic hydroxyl groups excluding tert-OH is 1. The Morgan fingerprint density at radius 1 is 1.15 bits per heavy atom. The highest BCUT2D eigenvalue weighted by Crippen LogP contribution is 2.26. The minimum absolute atomic E-state index is 0.0351. The van der Waals surface area contributed by atoms with Gasteiger partial charge in [0.05, 0.1) is 32.7 Å². The van der Waals surface area contributed by atoms with Crippen LogP contribution in [0, 0.1) is 0 Å². The molecule has 0 radical (unpaired) electrons. The summed E-state index contributed by atoms with van der Waals surface area (Å²) in [6.07, 6.45) is 0.0699. The van der Waals surface area contributed by atoms with Crippen LogP contribution in [0.5, 0.6) is 0 Å². The Bertz CT molecular complexity index is 542. The van der Waals surface area contributed by atoms with Gasteiger partial charge in [-0.3, -0.25) is 19.3 Å². The third kappa shape index (κ3) is 6.62. The van der Waals surface area contributed by atoms with E-state index in [0.717, 1.165) is 0 Å². The number of nitrogens with zero attached hydrogens (tertiary/aromatic N) is 1. The molecule has 2 amide bonds. The average Bonchev–Trinajstić information content (AvgIpc) is 3.00. The van der Waals surface area contributed by atoms with Gasteiger partial charge in [-0.15, -0.1) is 0 Å². The molecule has 2 atom stereocenters. The molecular formula is C17H28N2O7. The highest BCUT2D eigenvalue weighted by atomic mass is 16.6. The molecule has 1 aliphatic heterocycles. The summed E-state index contributed by atoms with van der Waals surface area (Å²) in [5.41, 5.74) is -0.732. The van der Waals surface area contributed by atoms with Crippen LogP contribution in [0.15, 0.2) is 0 Å². The Morgan fingerprint density at radius 3 is 2.35 bits per heavy atom. The molecule has 0 spiro atoms. The van der Waals surface area contributed by atoms with Crippen molar-refractivity contribution in [1.82, 2.24) is 10.2 Å². The average molecular weight is 372 g/mol. The molecule has 26 heavy (non-hydrogen) atoms. The number of rotatable bonds is 7. The van der Waals surface area contributed by atoms with Crippen molar-refractivity contribution in [3.63, 3.8) is 0 Å². The van der Waals surface area contributed by atoms with E-state index in [4.69, 9.17) is 4.74 Å². The number of carbonyl (C=O) groups excluding carboxylic acids is 4. The largest absolute Gasteiger partial charge is 0.469 e. The fourth-order valence-corrected chi connectivity index (χ4v) is 2.65. The van der Waals surface area contributed by atoms with E-state index in [9.17, 15) is 24.3 Å².